The molecule has 1 aliphatic heterocycles. The van der Waals surface area contributed by atoms with Crippen molar-refractivity contribution in [2.45, 2.75) is 39.7 Å². The van der Waals surface area contributed by atoms with Crippen LogP contribution in [0, 0.1) is 19.8 Å². The third-order valence-electron chi connectivity index (χ3n) is 3.36. The summed E-state index contributed by atoms with van der Waals surface area (Å²) >= 11 is 0. The lowest BCUT2D eigenvalue weighted by Gasteiger charge is -2.17. The molecule has 2 rings (SSSR count). The van der Waals surface area contributed by atoms with Crippen LogP contribution in [0.15, 0.2) is 0 Å². The Morgan fingerprint density at radius 1 is 1.29 bits per heavy atom. The number of anilines is 1. The first kappa shape index (κ1) is 12.2. The molecule has 0 radical (unpaired) electrons. The second-order valence-corrected chi connectivity index (χ2v) is 4.55. The second-order valence-electron chi connectivity index (χ2n) is 4.55. The highest BCUT2D eigenvalue weighted by Crippen LogP contribution is 2.23. The van der Waals surface area contributed by atoms with Crippen LogP contribution >= 0.6 is 0 Å². The number of rotatable bonds is 4. The van der Waals surface area contributed by atoms with E-state index < -0.39 is 0 Å². The smallest absolute Gasteiger partial charge is 0.242 e. The van der Waals surface area contributed by atoms with Crippen molar-refractivity contribution in [3.8, 4) is 0 Å². The van der Waals surface area contributed by atoms with E-state index in [1.807, 2.05) is 13.8 Å². The van der Waals surface area contributed by atoms with Crippen LogP contribution in [0.25, 0.3) is 0 Å². The second kappa shape index (κ2) is 5.40. The summed E-state index contributed by atoms with van der Waals surface area (Å²) in [5.41, 5.74) is 1.81. The van der Waals surface area contributed by atoms with Gasteiger partial charge in [-0.15, -0.1) is 5.10 Å². The normalized spacial score (nSPS) is 23.9. The highest BCUT2D eigenvalue weighted by atomic mass is 16.5. The lowest BCUT2D eigenvalue weighted by molar-refractivity contribution is 0.0900. The van der Waals surface area contributed by atoms with Crippen LogP contribution in [0.1, 0.15) is 31.2 Å². The minimum Gasteiger partial charge on any atom is -0.378 e. The molecule has 5 heteroatoms. The first-order chi connectivity index (χ1) is 8.20. The van der Waals surface area contributed by atoms with Crippen molar-refractivity contribution in [3.63, 3.8) is 0 Å². The monoisotopic (exact) mass is 236 g/mol. The Morgan fingerprint density at radius 3 is 2.82 bits per heavy atom. The number of hydrogen-bond acceptors (Lipinski definition) is 5. The Bertz CT molecular complexity index is 383. The molecule has 1 aromatic rings. The van der Waals surface area contributed by atoms with E-state index in [0.29, 0.717) is 18.0 Å². The first-order valence-corrected chi connectivity index (χ1v) is 6.24. The molecule has 1 aliphatic rings. The molecule has 17 heavy (non-hydrogen) atoms. The van der Waals surface area contributed by atoms with Crippen molar-refractivity contribution in [2.24, 2.45) is 5.92 Å². The fourth-order valence-electron chi connectivity index (χ4n) is 2.13. The minimum absolute atomic E-state index is 0.377. The van der Waals surface area contributed by atoms with E-state index >= 15 is 0 Å². The van der Waals surface area contributed by atoms with E-state index in [2.05, 4.69) is 27.4 Å². The zero-order chi connectivity index (χ0) is 12.3. The lowest BCUT2D eigenvalue weighted by Crippen LogP contribution is -2.23. The first-order valence-electron chi connectivity index (χ1n) is 6.24. The molecule has 1 saturated heterocycles. The van der Waals surface area contributed by atoms with Gasteiger partial charge in [-0.25, -0.2) is 4.98 Å². The van der Waals surface area contributed by atoms with Gasteiger partial charge in [-0.2, -0.15) is 5.10 Å². The molecule has 2 heterocycles. The van der Waals surface area contributed by atoms with Gasteiger partial charge in [0.2, 0.25) is 5.95 Å². The van der Waals surface area contributed by atoms with E-state index in [1.54, 1.807) is 0 Å². The van der Waals surface area contributed by atoms with E-state index in [0.717, 1.165) is 37.4 Å². The van der Waals surface area contributed by atoms with Gasteiger partial charge in [0, 0.05) is 19.1 Å². The maximum Gasteiger partial charge on any atom is 0.242 e. The molecule has 2 unspecified atom stereocenters. The van der Waals surface area contributed by atoms with Crippen molar-refractivity contribution < 1.29 is 4.74 Å². The summed E-state index contributed by atoms with van der Waals surface area (Å²) in [6.07, 6.45) is 2.56. The number of nitrogens with one attached hydrogen (secondary N) is 1. The van der Waals surface area contributed by atoms with Crippen LogP contribution in [0.5, 0.6) is 0 Å². The van der Waals surface area contributed by atoms with E-state index in [-0.39, 0.29) is 0 Å². The summed E-state index contributed by atoms with van der Waals surface area (Å²) in [6, 6.07) is 0. The topological polar surface area (TPSA) is 59.9 Å². The highest BCUT2D eigenvalue weighted by Gasteiger charge is 2.26. The maximum absolute atomic E-state index is 5.65. The fourth-order valence-corrected chi connectivity index (χ4v) is 2.13. The Morgan fingerprint density at radius 2 is 2.12 bits per heavy atom. The quantitative estimate of drug-likeness (QED) is 0.862. The molecule has 2 atom stereocenters. The Kier molecular flexibility index (Phi) is 3.89. The molecule has 0 amide bonds. The zero-order valence-electron chi connectivity index (χ0n) is 10.7. The van der Waals surface area contributed by atoms with Gasteiger partial charge in [-0.1, -0.05) is 6.92 Å². The van der Waals surface area contributed by atoms with Crippen molar-refractivity contribution in [2.75, 3.05) is 18.5 Å². The van der Waals surface area contributed by atoms with Gasteiger partial charge in [0.25, 0.3) is 0 Å². The standard InChI is InChI=1S/C12H20N4O/c1-4-11-10(5-6-17-11)7-13-12-14-8(2)9(3)15-16-12/h10-11H,4-7H2,1-3H3,(H,13,14,16). The molecule has 5 nitrogen and oxygen atoms in total. The van der Waals surface area contributed by atoms with Gasteiger partial charge in [0.1, 0.15) is 0 Å². The Balaban J connectivity index is 1.91. The van der Waals surface area contributed by atoms with Crippen LogP contribution in [0.2, 0.25) is 0 Å². The van der Waals surface area contributed by atoms with Gasteiger partial charge in [-0.05, 0) is 26.7 Å². The highest BCUT2D eigenvalue weighted by molar-refractivity contribution is 5.24. The van der Waals surface area contributed by atoms with Crippen LogP contribution in [0.4, 0.5) is 5.95 Å². The van der Waals surface area contributed by atoms with Gasteiger partial charge in [0.15, 0.2) is 0 Å². The molecule has 1 fully saturated rings. The van der Waals surface area contributed by atoms with Gasteiger partial charge in [-0.3, -0.25) is 0 Å². The van der Waals surface area contributed by atoms with E-state index in [1.165, 1.54) is 0 Å². The van der Waals surface area contributed by atoms with Crippen molar-refractivity contribution in [1.82, 2.24) is 15.2 Å². The van der Waals surface area contributed by atoms with E-state index in [9.17, 15) is 0 Å². The summed E-state index contributed by atoms with van der Waals surface area (Å²) in [5.74, 6) is 1.18. The van der Waals surface area contributed by atoms with Crippen molar-refractivity contribution >= 4 is 5.95 Å². The molecule has 0 spiro atoms. The SMILES string of the molecule is CCC1OCCC1CNc1nnc(C)c(C)n1. The van der Waals surface area contributed by atoms with Crippen LogP contribution < -0.4 is 5.32 Å². The molecule has 94 valence electrons. The van der Waals surface area contributed by atoms with E-state index in [4.69, 9.17) is 4.74 Å². The average molecular weight is 236 g/mol. The van der Waals surface area contributed by atoms with Crippen molar-refractivity contribution in [1.29, 1.82) is 0 Å². The summed E-state index contributed by atoms with van der Waals surface area (Å²) < 4.78 is 5.65. The van der Waals surface area contributed by atoms with Gasteiger partial charge in [0.05, 0.1) is 17.5 Å². The summed E-state index contributed by atoms with van der Waals surface area (Å²) in [6.45, 7) is 7.76. The number of ether oxygens (including phenoxy) is 1. The zero-order valence-corrected chi connectivity index (χ0v) is 10.7. The summed E-state index contributed by atoms with van der Waals surface area (Å²) in [4.78, 5) is 4.36. The molecule has 0 saturated carbocycles. The molecular formula is C12H20N4O. The molecule has 0 bridgehead atoms. The predicted molar refractivity (Wildman–Crippen MR) is 65.9 cm³/mol. The number of aromatic nitrogens is 3. The Labute approximate surface area is 102 Å². The molecular weight excluding hydrogens is 216 g/mol. The lowest BCUT2D eigenvalue weighted by atomic mass is 10.00. The summed E-state index contributed by atoms with van der Waals surface area (Å²) in [7, 11) is 0. The number of aryl methyl sites for hydroxylation is 2. The van der Waals surface area contributed by atoms with Crippen molar-refractivity contribution in [3.05, 3.63) is 11.4 Å². The molecule has 1 aromatic heterocycles. The minimum atomic E-state index is 0.377. The maximum atomic E-state index is 5.65. The molecule has 0 aliphatic carbocycles. The molecule has 1 N–H and O–H groups in total. The fraction of sp³-hybridized carbons (Fsp3) is 0.750. The third kappa shape index (κ3) is 2.91. The predicted octanol–water partition coefficient (Wildman–Crippen LogP) is 1.72. The van der Waals surface area contributed by atoms with Crippen LogP contribution in [-0.2, 0) is 4.74 Å². The van der Waals surface area contributed by atoms with Gasteiger partial charge >= 0.3 is 0 Å². The average Bonchev–Trinajstić information content (AvgIpc) is 2.78. The summed E-state index contributed by atoms with van der Waals surface area (Å²) in [5, 5.41) is 11.3. The number of nitrogens with zero attached hydrogens (tertiary/aromatic N) is 3. The Hall–Kier alpha value is -1.23. The van der Waals surface area contributed by atoms with Gasteiger partial charge < -0.3 is 10.1 Å². The van der Waals surface area contributed by atoms with Crippen LogP contribution in [-0.4, -0.2) is 34.4 Å². The largest absolute Gasteiger partial charge is 0.378 e. The van der Waals surface area contributed by atoms with Crippen LogP contribution in [0.3, 0.4) is 0 Å². The number of hydrogen-bond donors (Lipinski definition) is 1. The molecule has 0 aromatic carbocycles. The third-order valence-corrected chi connectivity index (χ3v) is 3.36.